The van der Waals surface area contributed by atoms with E-state index >= 15 is 0 Å². The van der Waals surface area contributed by atoms with Crippen LogP contribution in [0.1, 0.15) is 36.2 Å². The van der Waals surface area contributed by atoms with Gasteiger partial charge < -0.3 is 5.11 Å². The van der Waals surface area contributed by atoms with Gasteiger partial charge >= 0.3 is 5.97 Å². The number of nitrogens with zero attached hydrogens (tertiary/aromatic N) is 1. The minimum Gasteiger partial charge on any atom is -0.478 e. The van der Waals surface area contributed by atoms with Gasteiger partial charge in [0, 0.05) is 13.1 Å². The third-order valence-corrected chi connectivity index (χ3v) is 5.58. The molecule has 1 unspecified atom stereocenters. The second-order valence-electron chi connectivity index (χ2n) is 5.23. The molecule has 0 saturated carbocycles. The Morgan fingerprint density at radius 2 is 2.15 bits per heavy atom. The number of aryl methyl sites for hydroxylation is 1. The predicted molar refractivity (Wildman–Crippen MR) is 75.3 cm³/mol. The molecule has 0 aliphatic carbocycles. The molecule has 0 aromatic heterocycles. The molecule has 1 aliphatic rings. The molecule has 0 amide bonds. The number of hydrogen-bond acceptors (Lipinski definition) is 3. The number of carboxylic acid groups (broad SMARTS) is 1. The lowest BCUT2D eigenvalue weighted by Gasteiger charge is -2.17. The van der Waals surface area contributed by atoms with E-state index in [0.29, 0.717) is 31.0 Å². The highest BCUT2D eigenvalue weighted by molar-refractivity contribution is 7.89. The second-order valence-corrected chi connectivity index (χ2v) is 7.17. The minimum absolute atomic E-state index is 0.0702. The van der Waals surface area contributed by atoms with Gasteiger partial charge in [-0.05, 0) is 36.5 Å². The number of sulfonamides is 1. The van der Waals surface area contributed by atoms with Gasteiger partial charge in [0.25, 0.3) is 0 Å². The van der Waals surface area contributed by atoms with Crippen molar-refractivity contribution in [1.29, 1.82) is 0 Å². The van der Waals surface area contributed by atoms with Crippen LogP contribution < -0.4 is 0 Å². The first kappa shape index (κ1) is 15.0. The maximum Gasteiger partial charge on any atom is 0.336 e. The quantitative estimate of drug-likeness (QED) is 0.922. The van der Waals surface area contributed by atoms with Crippen LogP contribution in [0.5, 0.6) is 0 Å². The summed E-state index contributed by atoms with van der Waals surface area (Å²) in [5.41, 5.74) is 0.715. The maximum atomic E-state index is 12.5. The third kappa shape index (κ3) is 2.71. The summed E-state index contributed by atoms with van der Waals surface area (Å²) in [6, 6.07) is 4.37. The number of hydrogen-bond donors (Lipinski definition) is 1. The summed E-state index contributed by atoms with van der Waals surface area (Å²) in [5.74, 6) is -0.743. The molecule has 1 aromatic carbocycles. The van der Waals surface area contributed by atoms with E-state index in [1.807, 2.05) is 13.8 Å². The summed E-state index contributed by atoms with van der Waals surface area (Å²) in [6.45, 7) is 4.86. The molecule has 1 aromatic rings. The first-order valence-corrected chi connectivity index (χ1v) is 8.16. The molecular weight excluding hydrogens is 278 g/mol. The molecule has 0 bridgehead atoms. The molecule has 6 heteroatoms. The number of carbonyl (C=O) groups is 1. The Hall–Kier alpha value is -1.40. The highest BCUT2D eigenvalue weighted by Crippen LogP contribution is 2.25. The molecule has 5 nitrogen and oxygen atoms in total. The van der Waals surface area contributed by atoms with Gasteiger partial charge in [0.2, 0.25) is 10.0 Å². The first-order valence-electron chi connectivity index (χ1n) is 6.72. The van der Waals surface area contributed by atoms with Crippen LogP contribution in [-0.4, -0.2) is 36.9 Å². The van der Waals surface area contributed by atoms with Crippen molar-refractivity contribution in [2.24, 2.45) is 5.92 Å². The van der Waals surface area contributed by atoms with Crippen LogP contribution in [0, 0.1) is 5.92 Å². The Kier molecular flexibility index (Phi) is 4.15. The van der Waals surface area contributed by atoms with E-state index in [9.17, 15) is 18.3 Å². The van der Waals surface area contributed by atoms with E-state index in [1.54, 1.807) is 6.07 Å². The zero-order valence-corrected chi connectivity index (χ0v) is 12.5. The van der Waals surface area contributed by atoms with Gasteiger partial charge in [-0.25, -0.2) is 13.2 Å². The van der Waals surface area contributed by atoms with Crippen LogP contribution in [0.15, 0.2) is 23.1 Å². The van der Waals surface area contributed by atoms with Crippen molar-refractivity contribution in [3.8, 4) is 0 Å². The Morgan fingerprint density at radius 1 is 1.45 bits per heavy atom. The highest BCUT2D eigenvalue weighted by Gasteiger charge is 2.31. The van der Waals surface area contributed by atoms with Crippen LogP contribution in [0.3, 0.4) is 0 Å². The van der Waals surface area contributed by atoms with Gasteiger partial charge in [-0.15, -0.1) is 0 Å². The van der Waals surface area contributed by atoms with Crippen LogP contribution >= 0.6 is 0 Å². The average Bonchev–Trinajstić information content (AvgIpc) is 2.85. The summed E-state index contributed by atoms with van der Waals surface area (Å²) in [7, 11) is -3.58. The maximum absolute atomic E-state index is 12.5. The van der Waals surface area contributed by atoms with E-state index in [2.05, 4.69) is 0 Å². The predicted octanol–water partition coefficient (Wildman–Crippen LogP) is 1.98. The normalized spacial score (nSPS) is 20.2. The summed E-state index contributed by atoms with van der Waals surface area (Å²) >= 11 is 0. The molecule has 0 radical (unpaired) electrons. The van der Waals surface area contributed by atoms with Crippen molar-refractivity contribution >= 4 is 16.0 Å². The van der Waals surface area contributed by atoms with Crippen molar-refractivity contribution in [3.63, 3.8) is 0 Å². The Labute approximate surface area is 119 Å². The lowest BCUT2D eigenvalue weighted by atomic mass is 10.1. The fourth-order valence-electron chi connectivity index (χ4n) is 2.49. The van der Waals surface area contributed by atoms with E-state index in [4.69, 9.17) is 0 Å². The van der Waals surface area contributed by atoms with E-state index in [1.165, 1.54) is 16.4 Å². The van der Waals surface area contributed by atoms with Gasteiger partial charge in [-0.2, -0.15) is 4.31 Å². The van der Waals surface area contributed by atoms with E-state index < -0.39 is 16.0 Å². The van der Waals surface area contributed by atoms with Gasteiger partial charge in [0.15, 0.2) is 0 Å². The molecule has 1 heterocycles. The number of aromatic carboxylic acids is 1. The summed E-state index contributed by atoms with van der Waals surface area (Å²) in [4.78, 5) is 11.3. The molecule has 1 fully saturated rings. The topological polar surface area (TPSA) is 74.7 Å². The van der Waals surface area contributed by atoms with Crippen molar-refractivity contribution in [2.45, 2.75) is 31.6 Å². The SMILES string of the molecule is CCc1ccc(S(=O)(=O)N2CCC(C)C2)cc1C(=O)O. The fraction of sp³-hybridized carbons (Fsp3) is 0.500. The van der Waals surface area contributed by atoms with Gasteiger partial charge in [0.1, 0.15) is 0 Å². The largest absolute Gasteiger partial charge is 0.478 e. The van der Waals surface area contributed by atoms with Crippen molar-refractivity contribution < 1.29 is 18.3 Å². The Morgan fingerprint density at radius 3 is 2.65 bits per heavy atom. The summed E-state index contributed by atoms with van der Waals surface area (Å²) < 4.78 is 26.4. The minimum atomic E-state index is -3.58. The first-order chi connectivity index (χ1) is 9.36. The Bertz CT molecular complexity index is 624. The number of rotatable bonds is 4. The van der Waals surface area contributed by atoms with Crippen LogP contribution in [-0.2, 0) is 16.4 Å². The van der Waals surface area contributed by atoms with E-state index in [0.717, 1.165) is 6.42 Å². The van der Waals surface area contributed by atoms with Gasteiger partial charge in [-0.3, -0.25) is 0 Å². The van der Waals surface area contributed by atoms with Gasteiger partial charge in [0.05, 0.1) is 10.5 Å². The molecule has 2 rings (SSSR count). The number of carboxylic acids is 1. The number of benzene rings is 1. The van der Waals surface area contributed by atoms with Gasteiger partial charge in [-0.1, -0.05) is 19.9 Å². The summed E-state index contributed by atoms with van der Waals surface area (Å²) in [5, 5.41) is 9.19. The molecule has 0 spiro atoms. The second kappa shape index (κ2) is 5.54. The third-order valence-electron chi connectivity index (χ3n) is 3.72. The highest BCUT2D eigenvalue weighted by atomic mass is 32.2. The molecule has 1 aliphatic heterocycles. The lowest BCUT2D eigenvalue weighted by molar-refractivity contribution is 0.0695. The smallest absolute Gasteiger partial charge is 0.336 e. The van der Waals surface area contributed by atoms with Crippen molar-refractivity contribution in [3.05, 3.63) is 29.3 Å². The Balaban J connectivity index is 2.42. The zero-order chi connectivity index (χ0) is 14.9. The lowest BCUT2D eigenvalue weighted by Crippen LogP contribution is -2.28. The van der Waals surface area contributed by atoms with Crippen molar-refractivity contribution in [2.75, 3.05) is 13.1 Å². The zero-order valence-electron chi connectivity index (χ0n) is 11.7. The van der Waals surface area contributed by atoms with Crippen LogP contribution in [0.25, 0.3) is 0 Å². The fourth-order valence-corrected chi connectivity index (χ4v) is 4.09. The summed E-state index contributed by atoms with van der Waals surface area (Å²) in [6.07, 6.45) is 1.40. The molecule has 20 heavy (non-hydrogen) atoms. The molecule has 1 atom stereocenters. The molecular formula is C14H19NO4S. The average molecular weight is 297 g/mol. The monoisotopic (exact) mass is 297 g/mol. The molecule has 110 valence electrons. The molecule has 1 saturated heterocycles. The van der Waals surface area contributed by atoms with E-state index in [-0.39, 0.29) is 10.5 Å². The van der Waals surface area contributed by atoms with Crippen molar-refractivity contribution in [1.82, 2.24) is 4.31 Å². The standard InChI is InChI=1S/C14H19NO4S/c1-3-11-4-5-12(8-13(11)14(16)17)20(18,19)15-7-6-10(2)9-15/h4-5,8,10H,3,6-7,9H2,1-2H3,(H,16,17). The van der Waals surface area contributed by atoms with Crippen LogP contribution in [0.4, 0.5) is 0 Å². The molecule has 1 N–H and O–H groups in total. The van der Waals surface area contributed by atoms with Crippen LogP contribution in [0.2, 0.25) is 0 Å².